The second kappa shape index (κ2) is 5.55. The molecule has 0 aliphatic rings. The van der Waals surface area contributed by atoms with Gasteiger partial charge >= 0.3 is 0 Å². The van der Waals surface area contributed by atoms with Gasteiger partial charge in [-0.1, -0.05) is 0 Å². The first kappa shape index (κ1) is 13.1. The standard InChI is InChI=1S/C12H18N6O/c1-4-19-12-8(2)11(15-7-16-12)14-5-9-6-17-18(3)10(9)13/h6-7H,4-5,13H2,1-3H3,(H,14,15,16). The van der Waals surface area contributed by atoms with Gasteiger partial charge in [-0.3, -0.25) is 4.68 Å². The highest BCUT2D eigenvalue weighted by Gasteiger charge is 2.09. The summed E-state index contributed by atoms with van der Waals surface area (Å²) in [6.07, 6.45) is 3.22. The van der Waals surface area contributed by atoms with Crippen LogP contribution in [-0.4, -0.2) is 26.4 Å². The molecule has 0 aliphatic heterocycles. The number of nitrogens with two attached hydrogens (primary N) is 1. The lowest BCUT2D eigenvalue weighted by Gasteiger charge is -2.11. The van der Waals surface area contributed by atoms with Crippen molar-refractivity contribution in [3.05, 3.63) is 23.7 Å². The molecule has 0 aromatic carbocycles. The van der Waals surface area contributed by atoms with Crippen molar-refractivity contribution in [3.8, 4) is 5.88 Å². The second-order valence-electron chi connectivity index (χ2n) is 4.12. The molecule has 2 aromatic rings. The monoisotopic (exact) mass is 262 g/mol. The van der Waals surface area contributed by atoms with Crippen LogP contribution in [-0.2, 0) is 13.6 Å². The van der Waals surface area contributed by atoms with Crippen molar-refractivity contribution in [2.45, 2.75) is 20.4 Å². The molecule has 3 N–H and O–H groups in total. The summed E-state index contributed by atoms with van der Waals surface area (Å²) in [5.74, 6) is 1.98. The summed E-state index contributed by atoms with van der Waals surface area (Å²) in [5.41, 5.74) is 7.70. The molecule has 19 heavy (non-hydrogen) atoms. The van der Waals surface area contributed by atoms with E-state index in [-0.39, 0.29) is 0 Å². The van der Waals surface area contributed by atoms with Crippen LogP contribution in [0.3, 0.4) is 0 Å². The number of anilines is 2. The van der Waals surface area contributed by atoms with Crippen molar-refractivity contribution in [2.75, 3.05) is 17.7 Å². The number of hydrogen-bond acceptors (Lipinski definition) is 6. The number of nitrogens with one attached hydrogen (secondary N) is 1. The lowest BCUT2D eigenvalue weighted by atomic mass is 10.3. The van der Waals surface area contributed by atoms with Gasteiger partial charge in [0.2, 0.25) is 5.88 Å². The molecule has 0 atom stereocenters. The first-order chi connectivity index (χ1) is 9.13. The van der Waals surface area contributed by atoms with Gasteiger partial charge in [0.05, 0.1) is 18.4 Å². The predicted molar refractivity (Wildman–Crippen MR) is 72.9 cm³/mol. The van der Waals surface area contributed by atoms with Crippen molar-refractivity contribution in [3.63, 3.8) is 0 Å². The summed E-state index contributed by atoms with van der Waals surface area (Å²) in [5, 5.41) is 7.31. The van der Waals surface area contributed by atoms with Crippen LogP contribution in [0.5, 0.6) is 5.88 Å². The average molecular weight is 262 g/mol. The summed E-state index contributed by atoms with van der Waals surface area (Å²) in [7, 11) is 1.81. The Kier molecular flexibility index (Phi) is 3.84. The fraction of sp³-hybridized carbons (Fsp3) is 0.417. The summed E-state index contributed by atoms with van der Waals surface area (Å²) < 4.78 is 7.06. The van der Waals surface area contributed by atoms with Crippen molar-refractivity contribution < 1.29 is 4.74 Å². The highest BCUT2D eigenvalue weighted by molar-refractivity contribution is 5.49. The van der Waals surface area contributed by atoms with E-state index in [0.29, 0.717) is 24.8 Å². The summed E-state index contributed by atoms with van der Waals surface area (Å²) in [6.45, 7) is 4.97. The van der Waals surface area contributed by atoms with Crippen LogP contribution in [0.15, 0.2) is 12.5 Å². The highest BCUT2D eigenvalue weighted by Crippen LogP contribution is 2.21. The fourth-order valence-corrected chi connectivity index (χ4v) is 1.70. The zero-order chi connectivity index (χ0) is 13.8. The van der Waals surface area contributed by atoms with E-state index in [4.69, 9.17) is 10.5 Å². The van der Waals surface area contributed by atoms with E-state index >= 15 is 0 Å². The van der Waals surface area contributed by atoms with Gasteiger partial charge in [-0.25, -0.2) is 9.97 Å². The Labute approximate surface area is 111 Å². The van der Waals surface area contributed by atoms with E-state index in [9.17, 15) is 0 Å². The quantitative estimate of drug-likeness (QED) is 0.838. The molecular weight excluding hydrogens is 244 g/mol. The number of rotatable bonds is 5. The zero-order valence-electron chi connectivity index (χ0n) is 11.3. The molecule has 0 radical (unpaired) electrons. The van der Waals surface area contributed by atoms with Gasteiger partial charge in [0.1, 0.15) is 18.0 Å². The first-order valence-electron chi connectivity index (χ1n) is 6.08. The molecule has 7 nitrogen and oxygen atoms in total. The van der Waals surface area contributed by atoms with E-state index < -0.39 is 0 Å². The van der Waals surface area contributed by atoms with Gasteiger partial charge in [0.15, 0.2) is 0 Å². The van der Waals surface area contributed by atoms with Crippen molar-refractivity contribution >= 4 is 11.6 Å². The van der Waals surface area contributed by atoms with E-state index in [1.54, 1.807) is 10.9 Å². The molecule has 0 saturated carbocycles. The third-order valence-corrected chi connectivity index (χ3v) is 2.83. The Bertz CT molecular complexity index is 565. The lowest BCUT2D eigenvalue weighted by Crippen LogP contribution is -2.07. The van der Waals surface area contributed by atoms with Crippen LogP contribution in [0.4, 0.5) is 11.6 Å². The topological polar surface area (TPSA) is 90.9 Å². The molecule has 102 valence electrons. The third-order valence-electron chi connectivity index (χ3n) is 2.83. The average Bonchev–Trinajstić information content (AvgIpc) is 2.71. The Morgan fingerprint density at radius 2 is 2.21 bits per heavy atom. The van der Waals surface area contributed by atoms with Crippen LogP contribution in [0.1, 0.15) is 18.1 Å². The van der Waals surface area contributed by atoms with Crippen LogP contribution in [0, 0.1) is 6.92 Å². The Morgan fingerprint density at radius 3 is 2.84 bits per heavy atom. The Balaban J connectivity index is 2.11. The van der Waals surface area contributed by atoms with Crippen molar-refractivity contribution in [1.82, 2.24) is 19.7 Å². The fourth-order valence-electron chi connectivity index (χ4n) is 1.70. The number of hydrogen-bond donors (Lipinski definition) is 2. The molecule has 0 spiro atoms. The van der Waals surface area contributed by atoms with Crippen LogP contribution >= 0.6 is 0 Å². The van der Waals surface area contributed by atoms with Gasteiger partial charge in [-0.2, -0.15) is 5.10 Å². The van der Waals surface area contributed by atoms with E-state index in [0.717, 1.165) is 16.9 Å². The normalized spacial score (nSPS) is 10.5. The smallest absolute Gasteiger partial charge is 0.221 e. The Hall–Kier alpha value is -2.31. The van der Waals surface area contributed by atoms with E-state index in [1.165, 1.54) is 6.33 Å². The first-order valence-corrected chi connectivity index (χ1v) is 6.08. The maximum Gasteiger partial charge on any atom is 0.221 e. The third kappa shape index (κ3) is 2.75. The van der Waals surface area contributed by atoms with Gasteiger partial charge in [0.25, 0.3) is 0 Å². The minimum atomic E-state index is 0.559. The predicted octanol–water partition coefficient (Wildman–Crippen LogP) is 1.11. The van der Waals surface area contributed by atoms with Gasteiger partial charge in [-0.05, 0) is 13.8 Å². The molecular formula is C12H18N6O. The minimum absolute atomic E-state index is 0.559. The number of nitrogens with zero attached hydrogens (tertiary/aromatic N) is 4. The number of ether oxygens (including phenoxy) is 1. The molecule has 0 aliphatic carbocycles. The molecule has 0 fully saturated rings. The van der Waals surface area contributed by atoms with Crippen LogP contribution in [0.25, 0.3) is 0 Å². The molecule has 0 unspecified atom stereocenters. The van der Waals surface area contributed by atoms with Crippen LogP contribution < -0.4 is 15.8 Å². The zero-order valence-corrected chi connectivity index (χ0v) is 11.3. The SMILES string of the molecule is CCOc1ncnc(NCc2cnn(C)c2N)c1C. The number of aromatic nitrogens is 4. The van der Waals surface area contributed by atoms with Gasteiger partial charge < -0.3 is 15.8 Å². The van der Waals surface area contributed by atoms with Crippen molar-refractivity contribution in [2.24, 2.45) is 7.05 Å². The highest BCUT2D eigenvalue weighted by atomic mass is 16.5. The second-order valence-corrected chi connectivity index (χ2v) is 4.12. The lowest BCUT2D eigenvalue weighted by molar-refractivity contribution is 0.324. The summed E-state index contributed by atoms with van der Waals surface area (Å²) in [6, 6.07) is 0. The largest absolute Gasteiger partial charge is 0.478 e. The molecule has 7 heteroatoms. The Morgan fingerprint density at radius 1 is 1.42 bits per heavy atom. The molecule has 2 aromatic heterocycles. The molecule has 2 rings (SSSR count). The van der Waals surface area contributed by atoms with E-state index in [2.05, 4.69) is 20.4 Å². The van der Waals surface area contributed by atoms with Gasteiger partial charge in [-0.15, -0.1) is 0 Å². The summed E-state index contributed by atoms with van der Waals surface area (Å²) >= 11 is 0. The number of aryl methyl sites for hydroxylation is 1. The van der Waals surface area contributed by atoms with Crippen LogP contribution in [0.2, 0.25) is 0 Å². The van der Waals surface area contributed by atoms with E-state index in [1.807, 2.05) is 20.9 Å². The molecule has 0 bridgehead atoms. The van der Waals surface area contributed by atoms with Gasteiger partial charge in [0, 0.05) is 19.2 Å². The molecule has 0 amide bonds. The minimum Gasteiger partial charge on any atom is -0.478 e. The molecule has 0 saturated heterocycles. The summed E-state index contributed by atoms with van der Waals surface area (Å²) in [4.78, 5) is 8.29. The molecule has 2 heterocycles. The number of nitrogen functional groups attached to an aromatic ring is 1. The maximum absolute atomic E-state index is 5.89. The van der Waals surface area contributed by atoms with Crippen molar-refractivity contribution in [1.29, 1.82) is 0 Å². The maximum atomic E-state index is 5.89.